The molecule has 0 aromatic heterocycles. The van der Waals surface area contributed by atoms with Gasteiger partial charge < -0.3 is 10.6 Å². The fraction of sp³-hybridized carbons (Fsp3) is 0.379. The van der Waals surface area contributed by atoms with Crippen LogP contribution in [-0.4, -0.2) is 29.4 Å². The Bertz CT molecular complexity index is 1250. The minimum absolute atomic E-state index is 0.0244. The van der Waals surface area contributed by atoms with Crippen molar-refractivity contribution < 1.29 is 19.2 Å². The Kier molecular flexibility index (Phi) is 7.73. The Morgan fingerprint density at radius 3 is 2.29 bits per heavy atom. The number of amides is 2. The number of fused-ring (bicyclic) bond motifs is 1. The number of carbonyl (C=O) groups excluding carboxylic acids is 4. The average Bonchev–Trinajstić information content (AvgIpc) is 2.76. The van der Waals surface area contributed by atoms with Gasteiger partial charge in [-0.25, -0.2) is 0 Å². The summed E-state index contributed by atoms with van der Waals surface area (Å²) in [6.07, 6.45) is 1.78. The molecule has 2 aromatic rings. The summed E-state index contributed by atoms with van der Waals surface area (Å²) in [5.74, 6) is -0.892. The van der Waals surface area contributed by atoms with Gasteiger partial charge in [0.1, 0.15) is 6.04 Å². The fourth-order valence-corrected chi connectivity index (χ4v) is 4.70. The zero-order chi connectivity index (χ0) is 25.9. The standard InChI is InChI=1S/C29H34N2O4/c1-17(2)13-23(28(35)30-22-12-11-20-9-7-8-10-21(20)15-22)31-25(33)16-29(5,6)26-19(4)27(34)18(3)14-24(26)32/h7-12,14-15,17,23H,13,16H2,1-6H3,(H,30,35)(H,31,33)/t23-/m0/s1. The number of anilines is 1. The monoisotopic (exact) mass is 474 g/mol. The van der Waals surface area contributed by atoms with Crippen LogP contribution in [0.1, 0.15) is 54.4 Å². The minimum atomic E-state index is -0.866. The molecule has 3 rings (SSSR count). The Morgan fingerprint density at radius 1 is 0.971 bits per heavy atom. The van der Waals surface area contributed by atoms with Gasteiger partial charge >= 0.3 is 0 Å². The summed E-state index contributed by atoms with van der Waals surface area (Å²) in [5, 5.41) is 7.88. The third-order valence-electron chi connectivity index (χ3n) is 6.32. The first-order valence-corrected chi connectivity index (χ1v) is 12.0. The number of nitrogens with one attached hydrogen (secondary N) is 2. The summed E-state index contributed by atoms with van der Waals surface area (Å²) in [5.41, 5.74) is 0.921. The molecule has 0 fully saturated rings. The average molecular weight is 475 g/mol. The van der Waals surface area contributed by atoms with E-state index in [1.165, 1.54) is 6.08 Å². The molecule has 2 N–H and O–H groups in total. The topological polar surface area (TPSA) is 92.3 Å². The molecule has 0 saturated heterocycles. The maximum absolute atomic E-state index is 13.1. The summed E-state index contributed by atoms with van der Waals surface area (Å²) < 4.78 is 0. The van der Waals surface area contributed by atoms with Crippen LogP contribution >= 0.6 is 0 Å². The van der Waals surface area contributed by atoms with Gasteiger partial charge in [-0.2, -0.15) is 0 Å². The van der Waals surface area contributed by atoms with Crippen LogP contribution in [0, 0.1) is 11.3 Å². The van der Waals surface area contributed by atoms with E-state index in [4.69, 9.17) is 0 Å². The molecule has 0 spiro atoms. The van der Waals surface area contributed by atoms with E-state index in [1.54, 1.807) is 27.7 Å². The molecule has 35 heavy (non-hydrogen) atoms. The quantitative estimate of drug-likeness (QED) is 0.518. The van der Waals surface area contributed by atoms with E-state index in [2.05, 4.69) is 10.6 Å². The number of allylic oxidation sites excluding steroid dienone is 4. The number of carbonyl (C=O) groups is 4. The molecule has 0 bridgehead atoms. The number of rotatable bonds is 8. The lowest BCUT2D eigenvalue weighted by atomic mass is 9.73. The fourth-order valence-electron chi connectivity index (χ4n) is 4.70. The van der Waals surface area contributed by atoms with Crippen LogP contribution in [0.5, 0.6) is 0 Å². The van der Waals surface area contributed by atoms with Crippen LogP contribution in [0.2, 0.25) is 0 Å². The van der Waals surface area contributed by atoms with Gasteiger partial charge in [0.05, 0.1) is 0 Å². The van der Waals surface area contributed by atoms with E-state index in [9.17, 15) is 19.2 Å². The molecular weight excluding hydrogens is 440 g/mol. The zero-order valence-corrected chi connectivity index (χ0v) is 21.3. The van der Waals surface area contributed by atoms with Gasteiger partial charge in [-0.15, -0.1) is 0 Å². The summed E-state index contributed by atoms with van der Waals surface area (Å²) in [4.78, 5) is 51.3. The van der Waals surface area contributed by atoms with Gasteiger partial charge in [-0.3, -0.25) is 19.2 Å². The van der Waals surface area contributed by atoms with E-state index in [0.717, 1.165) is 10.8 Å². The van der Waals surface area contributed by atoms with Gasteiger partial charge in [0.25, 0.3) is 0 Å². The second kappa shape index (κ2) is 10.4. The second-order valence-electron chi connectivity index (χ2n) is 10.4. The van der Waals surface area contributed by atoms with Gasteiger partial charge in [0.2, 0.25) is 11.8 Å². The minimum Gasteiger partial charge on any atom is -0.344 e. The Balaban J connectivity index is 1.74. The van der Waals surface area contributed by atoms with Crippen LogP contribution in [0.25, 0.3) is 10.8 Å². The van der Waals surface area contributed by atoms with E-state index in [0.29, 0.717) is 28.8 Å². The van der Waals surface area contributed by atoms with Crippen molar-refractivity contribution in [2.45, 2.75) is 60.4 Å². The Morgan fingerprint density at radius 2 is 1.63 bits per heavy atom. The smallest absolute Gasteiger partial charge is 0.246 e. The van der Waals surface area contributed by atoms with Crippen molar-refractivity contribution in [2.24, 2.45) is 11.3 Å². The molecular formula is C29H34N2O4. The summed E-state index contributed by atoms with van der Waals surface area (Å²) >= 11 is 0. The highest BCUT2D eigenvalue weighted by Gasteiger charge is 2.36. The van der Waals surface area contributed by atoms with E-state index in [-0.39, 0.29) is 35.7 Å². The highest BCUT2D eigenvalue weighted by molar-refractivity contribution is 6.22. The first-order valence-electron chi connectivity index (χ1n) is 12.0. The number of ketones is 2. The lowest BCUT2D eigenvalue weighted by Crippen LogP contribution is -2.46. The third kappa shape index (κ3) is 6.13. The largest absolute Gasteiger partial charge is 0.344 e. The molecule has 6 heteroatoms. The predicted molar refractivity (Wildman–Crippen MR) is 139 cm³/mol. The molecule has 184 valence electrons. The zero-order valence-electron chi connectivity index (χ0n) is 21.3. The molecule has 0 heterocycles. The van der Waals surface area contributed by atoms with Crippen LogP contribution in [0.4, 0.5) is 5.69 Å². The molecule has 6 nitrogen and oxygen atoms in total. The SMILES string of the molecule is CC1=CC(=O)C(C(C)(C)CC(=O)N[C@@H](CC(C)C)C(=O)Nc2ccc3ccccc3c2)=C(C)C1=O. The van der Waals surface area contributed by atoms with Crippen LogP contribution in [-0.2, 0) is 19.2 Å². The summed E-state index contributed by atoms with van der Waals surface area (Å²) in [7, 11) is 0. The Hall–Kier alpha value is -3.54. The summed E-state index contributed by atoms with van der Waals surface area (Å²) in [6.45, 7) is 10.8. The first-order chi connectivity index (χ1) is 16.4. The molecule has 0 unspecified atom stereocenters. The first kappa shape index (κ1) is 26.1. The normalized spacial score (nSPS) is 15.3. The molecule has 2 aromatic carbocycles. The second-order valence-corrected chi connectivity index (χ2v) is 10.4. The molecule has 1 aliphatic carbocycles. The molecule has 0 aliphatic heterocycles. The highest BCUT2D eigenvalue weighted by atomic mass is 16.2. The third-order valence-corrected chi connectivity index (χ3v) is 6.32. The summed E-state index contributed by atoms with van der Waals surface area (Å²) in [6, 6.07) is 12.8. The molecule has 1 atom stereocenters. The van der Waals surface area contributed by atoms with Crippen molar-refractivity contribution in [3.8, 4) is 0 Å². The maximum atomic E-state index is 13.1. The number of hydrogen-bond acceptors (Lipinski definition) is 4. The molecule has 0 radical (unpaired) electrons. The number of Topliss-reactive ketones (excluding diaryl/α,β-unsaturated/α-hetero) is 1. The van der Waals surface area contributed by atoms with Crippen molar-refractivity contribution >= 4 is 39.8 Å². The van der Waals surface area contributed by atoms with Crippen molar-refractivity contribution in [3.63, 3.8) is 0 Å². The van der Waals surface area contributed by atoms with Crippen LogP contribution < -0.4 is 10.6 Å². The molecule has 1 aliphatic rings. The van der Waals surface area contributed by atoms with Crippen molar-refractivity contribution in [3.05, 3.63) is 65.3 Å². The highest BCUT2D eigenvalue weighted by Crippen LogP contribution is 2.36. The van der Waals surface area contributed by atoms with E-state index < -0.39 is 11.5 Å². The number of hydrogen-bond donors (Lipinski definition) is 2. The Labute approximate surface area is 206 Å². The maximum Gasteiger partial charge on any atom is 0.246 e. The van der Waals surface area contributed by atoms with E-state index >= 15 is 0 Å². The van der Waals surface area contributed by atoms with Gasteiger partial charge in [-0.05, 0) is 55.2 Å². The van der Waals surface area contributed by atoms with Crippen LogP contribution in [0.15, 0.2) is 65.3 Å². The van der Waals surface area contributed by atoms with Gasteiger partial charge in [-0.1, -0.05) is 58.0 Å². The van der Waals surface area contributed by atoms with Crippen LogP contribution in [0.3, 0.4) is 0 Å². The van der Waals surface area contributed by atoms with Crippen molar-refractivity contribution in [1.82, 2.24) is 5.32 Å². The number of benzene rings is 2. The van der Waals surface area contributed by atoms with E-state index in [1.807, 2.05) is 56.3 Å². The lowest BCUT2D eigenvalue weighted by molar-refractivity contribution is -0.128. The predicted octanol–water partition coefficient (Wildman–Crippen LogP) is 5.14. The lowest BCUT2D eigenvalue weighted by Gasteiger charge is -2.30. The van der Waals surface area contributed by atoms with Gasteiger partial charge in [0, 0.05) is 34.2 Å². The van der Waals surface area contributed by atoms with Gasteiger partial charge in [0.15, 0.2) is 11.6 Å². The van der Waals surface area contributed by atoms with Crippen molar-refractivity contribution in [1.29, 1.82) is 0 Å². The molecule has 0 saturated carbocycles. The van der Waals surface area contributed by atoms with Crippen molar-refractivity contribution in [2.75, 3.05) is 5.32 Å². The molecule has 2 amide bonds.